The van der Waals surface area contributed by atoms with Gasteiger partial charge in [0.2, 0.25) is 0 Å². The Balaban J connectivity index is 1.42. The van der Waals surface area contributed by atoms with Crippen LogP contribution >= 0.6 is 11.7 Å². The maximum absolute atomic E-state index is 12.9. The van der Waals surface area contributed by atoms with Gasteiger partial charge in [0.05, 0.1) is 18.3 Å². The van der Waals surface area contributed by atoms with Gasteiger partial charge in [-0.1, -0.05) is 0 Å². The summed E-state index contributed by atoms with van der Waals surface area (Å²) in [6.45, 7) is 0.374. The SMILES string of the molecule is O=C(NCCn1nc(C(F)(F)F)cc1C1CC1)c1ccc2nsnc2c1. The molecule has 0 spiro atoms. The van der Waals surface area contributed by atoms with Gasteiger partial charge in [-0.25, -0.2) is 0 Å². The van der Waals surface area contributed by atoms with Crippen LogP contribution in [0.1, 0.15) is 40.5 Å². The van der Waals surface area contributed by atoms with Crippen LogP contribution in [0.4, 0.5) is 13.2 Å². The summed E-state index contributed by atoms with van der Waals surface area (Å²) in [4.78, 5) is 12.2. The quantitative estimate of drug-likeness (QED) is 0.737. The first-order chi connectivity index (χ1) is 12.4. The summed E-state index contributed by atoms with van der Waals surface area (Å²) in [5.41, 5.74) is 1.50. The summed E-state index contributed by atoms with van der Waals surface area (Å²) < 4.78 is 48.2. The lowest BCUT2D eigenvalue weighted by molar-refractivity contribution is -0.141. The third-order valence-corrected chi connectivity index (χ3v) is 4.78. The second-order valence-corrected chi connectivity index (χ2v) is 6.70. The van der Waals surface area contributed by atoms with Gasteiger partial charge in [-0.15, -0.1) is 0 Å². The number of carbonyl (C=O) groups excluding carboxylic acids is 1. The lowest BCUT2D eigenvalue weighted by Crippen LogP contribution is -2.28. The molecule has 1 N–H and O–H groups in total. The maximum Gasteiger partial charge on any atom is 0.435 e. The average Bonchev–Trinajstić information content (AvgIpc) is 3.17. The van der Waals surface area contributed by atoms with Gasteiger partial charge in [0.25, 0.3) is 5.91 Å². The minimum absolute atomic E-state index is 0.133. The highest BCUT2D eigenvalue weighted by Gasteiger charge is 2.37. The third-order valence-electron chi connectivity index (χ3n) is 4.22. The summed E-state index contributed by atoms with van der Waals surface area (Å²) in [5, 5.41) is 6.38. The van der Waals surface area contributed by atoms with Crippen LogP contribution in [-0.2, 0) is 12.7 Å². The minimum atomic E-state index is -4.46. The lowest BCUT2D eigenvalue weighted by atomic mass is 10.2. The molecule has 3 aromatic rings. The topological polar surface area (TPSA) is 72.7 Å². The monoisotopic (exact) mass is 381 g/mol. The van der Waals surface area contributed by atoms with Crippen LogP contribution < -0.4 is 5.32 Å². The lowest BCUT2D eigenvalue weighted by Gasteiger charge is -2.08. The molecule has 4 rings (SSSR count). The van der Waals surface area contributed by atoms with Crippen LogP contribution in [0.15, 0.2) is 24.3 Å². The molecule has 0 bridgehead atoms. The molecular weight excluding hydrogens is 367 g/mol. The van der Waals surface area contributed by atoms with E-state index in [9.17, 15) is 18.0 Å². The Morgan fingerprint density at radius 3 is 2.73 bits per heavy atom. The fourth-order valence-electron chi connectivity index (χ4n) is 2.76. The van der Waals surface area contributed by atoms with Crippen molar-refractivity contribution in [1.82, 2.24) is 23.8 Å². The van der Waals surface area contributed by atoms with Crippen molar-refractivity contribution in [2.24, 2.45) is 0 Å². The number of hydrogen-bond donors (Lipinski definition) is 1. The Hall–Kier alpha value is -2.49. The van der Waals surface area contributed by atoms with Crippen molar-refractivity contribution in [3.63, 3.8) is 0 Å². The van der Waals surface area contributed by atoms with E-state index in [1.807, 2.05) is 0 Å². The molecule has 0 atom stereocenters. The van der Waals surface area contributed by atoms with E-state index < -0.39 is 11.9 Å². The molecule has 1 fully saturated rings. The highest BCUT2D eigenvalue weighted by molar-refractivity contribution is 7.00. The molecule has 0 radical (unpaired) electrons. The molecule has 10 heteroatoms. The molecule has 1 saturated carbocycles. The molecule has 1 aromatic carbocycles. The van der Waals surface area contributed by atoms with E-state index in [-0.39, 0.29) is 24.9 Å². The number of alkyl halides is 3. The molecule has 26 heavy (non-hydrogen) atoms. The molecule has 2 heterocycles. The Morgan fingerprint density at radius 2 is 2.00 bits per heavy atom. The van der Waals surface area contributed by atoms with Gasteiger partial charge in [-0.2, -0.15) is 27.0 Å². The first-order valence-electron chi connectivity index (χ1n) is 8.07. The van der Waals surface area contributed by atoms with Crippen molar-refractivity contribution in [1.29, 1.82) is 0 Å². The van der Waals surface area contributed by atoms with Crippen LogP contribution in [0.25, 0.3) is 11.0 Å². The maximum atomic E-state index is 12.9. The van der Waals surface area contributed by atoms with Gasteiger partial charge in [0.15, 0.2) is 5.69 Å². The second-order valence-electron chi connectivity index (χ2n) is 6.17. The number of nitrogens with one attached hydrogen (secondary N) is 1. The van der Waals surface area contributed by atoms with Crippen LogP contribution in [0, 0.1) is 0 Å². The highest BCUT2D eigenvalue weighted by Crippen LogP contribution is 2.42. The van der Waals surface area contributed by atoms with E-state index in [0.29, 0.717) is 16.8 Å². The number of hydrogen-bond acceptors (Lipinski definition) is 5. The summed E-state index contributed by atoms with van der Waals surface area (Å²) in [6.07, 6.45) is -2.72. The van der Waals surface area contributed by atoms with Crippen molar-refractivity contribution >= 4 is 28.7 Å². The molecule has 1 amide bonds. The Labute approximate surface area is 150 Å². The molecule has 6 nitrogen and oxygen atoms in total. The molecule has 136 valence electrons. The van der Waals surface area contributed by atoms with Gasteiger partial charge in [-0.05, 0) is 37.1 Å². The Morgan fingerprint density at radius 1 is 1.23 bits per heavy atom. The molecule has 1 aliphatic rings. The van der Waals surface area contributed by atoms with Crippen LogP contribution in [0.2, 0.25) is 0 Å². The first-order valence-corrected chi connectivity index (χ1v) is 8.80. The zero-order valence-corrected chi connectivity index (χ0v) is 14.3. The van der Waals surface area contributed by atoms with E-state index in [2.05, 4.69) is 19.2 Å². The van der Waals surface area contributed by atoms with Crippen LogP contribution in [0.3, 0.4) is 0 Å². The normalized spacial score (nSPS) is 14.7. The molecule has 2 aromatic heterocycles. The minimum Gasteiger partial charge on any atom is -0.350 e. The number of aromatic nitrogens is 4. The van der Waals surface area contributed by atoms with Gasteiger partial charge >= 0.3 is 6.18 Å². The molecule has 1 aliphatic carbocycles. The first kappa shape index (κ1) is 17.0. The molecule has 0 saturated heterocycles. The number of fused-ring (bicyclic) bond motifs is 1. The van der Waals surface area contributed by atoms with Crippen LogP contribution in [-0.4, -0.2) is 31.0 Å². The third kappa shape index (κ3) is 3.41. The van der Waals surface area contributed by atoms with Crippen molar-refractivity contribution in [2.45, 2.75) is 31.5 Å². The van der Waals surface area contributed by atoms with Crippen molar-refractivity contribution in [3.05, 3.63) is 41.2 Å². The van der Waals surface area contributed by atoms with E-state index in [1.165, 1.54) is 4.68 Å². The van der Waals surface area contributed by atoms with E-state index in [1.54, 1.807) is 18.2 Å². The largest absolute Gasteiger partial charge is 0.435 e. The number of halogens is 3. The van der Waals surface area contributed by atoms with E-state index >= 15 is 0 Å². The van der Waals surface area contributed by atoms with Gasteiger partial charge in [-0.3, -0.25) is 9.48 Å². The number of amides is 1. The summed E-state index contributed by atoms with van der Waals surface area (Å²) in [5.74, 6) is -0.176. The highest BCUT2D eigenvalue weighted by atomic mass is 32.1. The van der Waals surface area contributed by atoms with Crippen molar-refractivity contribution in [2.75, 3.05) is 6.54 Å². The smallest absolute Gasteiger partial charge is 0.350 e. The average molecular weight is 381 g/mol. The number of nitrogens with zero attached hydrogens (tertiary/aromatic N) is 4. The number of benzene rings is 1. The predicted octanol–water partition coefficient (Wildman–Crippen LogP) is 3.21. The summed E-state index contributed by atoms with van der Waals surface area (Å²) >= 11 is 1.07. The van der Waals surface area contributed by atoms with Crippen molar-refractivity contribution in [3.8, 4) is 0 Å². The Kier molecular flexibility index (Phi) is 4.14. The summed E-state index contributed by atoms with van der Waals surface area (Å²) in [7, 11) is 0. The summed E-state index contributed by atoms with van der Waals surface area (Å²) in [6, 6.07) is 6.11. The van der Waals surface area contributed by atoms with Gasteiger partial charge < -0.3 is 5.32 Å². The predicted molar refractivity (Wildman–Crippen MR) is 89.0 cm³/mol. The zero-order chi connectivity index (χ0) is 18.3. The fraction of sp³-hybridized carbons (Fsp3) is 0.375. The fourth-order valence-corrected chi connectivity index (χ4v) is 3.27. The number of carbonyl (C=O) groups is 1. The van der Waals surface area contributed by atoms with E-state index in [4.69, 9.17) is 0 Å². The standard InChI is InChI=1S/C16H14F3N5OS/c17-16(18,19)14-8-13(9-1-2-9)24(21-14)6-5-20-15(25)10-3-4-11-12(7-10)23-26-22-11/h3-4,7-9H,1-2,5-6H2,(H,20,25). The van der Waals surface area contributed by atoms with Crippen molar-refractivity contribution < 1.29 is 18.0 Å². The van der Waals surface area contributed by atoms with Gasteiger partial charge in [0, 0.05) is 23.7 Å². The zero-order valence-electron chi connectivity index (χ0n) is 13.5. The molecule has 0 aliphatic heterocycles. The number of rotatable bonds is 5. The van der Waals surface area contributed by atoms with Crippen LogP contribution in [0.5, 0.6) is 0 Å². The Bertz CT molecular complexity index is 960. The molecule has 0 unspecified atom stereocenters. The van der Waals surface area contributed by atoms with Gasteiger partial charge in [0.1, 0.15) is 11.0 Å². The van der Waals surface area contributed by atoms with E-state index in [0.717, 1.165) is 36.2 Å². The second kappa shape index (κ2) is 6.35. The molecular formula is C16H14F3N5OS.